The Bertz CT molecular complexity index is 1200. The summed E-state index contributed by atoms with van der Waals surface area (Å²) in [6.07, 6.45) is 0.256. The summed E-state index contributed by atoms with van der Waals surface area (Å²) >= 11 is 0. The van der Waals surface area contributed by atoms with Crippen LogP contribution in [0.3, 0.4) is 0 Å². The fraction of sp³-hybridized carbons (Fsp3) is 0.750. The number of aromatic amines is 1. The topological polar surface area (TPSA) is 221 Å². The van der Waals surface area contributed by atoms with Crippen LogP contribution in [0.5, 0.6) is 0 Å². The van der Waals surface area contributed by atoms with Gasteiger partial charge in [0.1, 0.15) is 19.3 Å². The van der Waals surface area contributed by atoms with Gasteiger partial charge in [-0.1, -0.05) is 12.6 Å². The highest BCUT2D eigenvalue weighted by Crippen LogP contribution is 2.13. The van der Waals surface area contributed by atoms with Crippen LogP contribution in [-0.2, 0) is 58.9 Å². The highest BCUT2D eigenvalue weighted by molar-refractivity contribution is 5.72. The molecule has 0 fully saturated rings. The van der Waals surface area contributed by atoms with E-state index < -0.39 is 0 Å². The second kappa shape index (κ2) is 18.1. The average Bonchev–Trinajstić information content (AvgIpc) is 3.62. The van der Waals surface area contributed by atoms with Crippen LogP contribution in [0.4, 0.5) is 0 Å². The van der Waals surface area contributed by atoms with E-state index in [2.05, 4.69) is 56.3 Å². The van der Waals surface area contributed by atoms with Crippen LogP contribution in [-0.4, -0.2) is 98.8 Å². The van der Waals surface area contributed by atoms with E-state index in [0.29, 0.717) is 37.3 Å². The highest BCUT2D eigenvalue weighted by Gasteiger charge is 2.21. The molecule has 18 heteroatoms. The van der Waals surface area contributed by atoms with E-state index in [1.54, 1.807) is 25.5 Å². The SMILES string of the molecule is C.CCOC(=O)Cc1nn[nH]n1.CCOC(=O)Cc1nnn(C(C)(C)C)n1.CCOC(=O)Cc1nnnn1C(C)(C)C. The van der Waals surface area contributed by atoms with Gasteiger partial charge in [0.15, 0.2) is 17.5 Å². The van der Waals surface area contributed by atoms with Gasteiger partial charge >= 0.3 is 17.9 Å². The predicted octanol–water partition coefficient (Wildman–Crippen LogP) is 1.01. The van der Waals surface area contributed by atoms with Crippen molar-refractivity contribution >= 4 is 17.9 Å². The summed E-state index contributed by atoms with van der Waals surface area (Å²) in [6, 6.07) is 0. The van der Waals surface area contributed by atoms with E-state index in [1.165, 1.54) is 4.80 Å². The third kappa shape index (κ3) is 14.3. The molecule has 3 rings (SSSR count). The standard InChI is InChI=1S/2C9H16N4O2.C5H8N4O2.CH4/c1-5-15-8(14)6-7-10-11-12-13(7)9(2,3)4;1-5-15-8(14)6-7-10-12-13(11-7)9(2,3)4;1-2-11-5(10)3-4-6-8-9-7-4;/h2*5-6H2,1-4H3;2-3H2,1H3,(H,6,7,8,9);1H4. The van der Waals surface area contributed by atoms with Crippen LogP contribution in [0.2, 0.25) is 0 Å². The maximum absolute atomic E-state index is 11.3. The van der Waals surface area contributed by atoms with Gasteiger partial charge in [-0.05, 0) is 78.0 Å². The number of carbonyl (C=O) groups excluding carboxylic acids is 3. The second-order valence-electron chi connectivity index (χ2n) is 10.1. The minimum absolute atomic E-state index is 0. The highest BCUT2D eigenvalue weighted by atomic mass is 16.5. The number of rotatable bonds is 9. The molecule has 42 heavy (non-hydrogen) atoms. The number of aromatic nitrogens is 12. The molecule has 0 unspecified atom stereocenters. The molecule has 0 aliphatic carbocycles. The lowest BCUT2D eigenvalue weighted by Crippen LogP contribution is -2.27. The lowest BCUT2D eigenvalue weighted by molar-refractivity contribution is -0.143. The van der Waals surface area contributed by atoms with Gasteiger partial charge in [-0.15, -0.1) is 25.5 Å². The quantitative estimate of drug-likeness (QED) is 0.269. The number of hydrogen-bond donors (Lipinski definition) is 1. The number of esters is 3. The van der Waals surface area contributed by atoms with E-state index >= 15 is 0 Å². The fourth-order valence-corrected chi connectivity index (χ4v) is 2.72. The smallest absolute Gasteiger partial charge is 0.313 e. The number of nitrogens with zero attached hydrogens (tertiary/aromatic N) is 11. The molecule has 0 bridgehead atoms. The van der Waals surface area contributed by atoms with Gasteiger partial charge in [0.25, 0.3) is 0 Å². The number of carbonyl (C=O) groups is 3. The summed E-state index contributed by atoms with van der Waals surface area (Å²) in [5.74, 6) is 0.297. The Morgan fingerprint density at radius 2 is 1.24 bits per heavy atom. The monoisotopic (exact) mass is 596 g/mol. The summed E-state index contributed by atoms with van der Waals surface area (Å²) in [5, 5.41) is 35.7. The predicted molar refractivity (Wildman–Crippen MR) is 148 cm³/mol. The van der Waals surface area contributed by atoms with E-state index in [-0.39, 0.29) is 55.7 Å². The van der Waals surface area contributed by atoms with Crippen LogP contribution in [0.25, 0.3) is 0 Å². The van der Waals surface area contributed by atoms with Crippen molar-refractivity contribution in [1.82, 2.24) is 61.0 Å². The number of nitrogens with one attached hydrogen (secondary N) is 1. The first-order chi connectivity index (χ1) is 19.2. The molecule has 0 saturated carbocycles. The van der Waals surface area contributed by atoms with Crippen molar-refractivity contribution < 1.29 is 28.6 Å². The molecule has 0 aromatic carbocycles. The number of hydrogen-bond acceptors (Lipinski definition) is 15. The van der Waals surface area contributed by atoms with Crippen LogP contribution in [0.1, 0.15) is 87.2 Å². The number of tetrazole rings is 3. The lowest BCUT2D eigenvalue weighted by atomic mass is 10.1. The molecule has 0 spiro atoms. The zero-order chi connectivity index (χ0) is 31.1. The van der Waals surface area contributed by atoms with Crippen molar-refractivity contribution in [2.24, 2.45) is 0 Å². The van der Waals surface area contributed by atoms with Crippen molar-refractivity contribution in [3.8, 4) is 0 Å². The molecule has 0 amide bonds. The Balaban J connectivity index is 0.000000601. The van der Waals surface area contributed by atoms with Crippen LogP contribution < -0.4 is 0 Å². The molecular weight excluding hydrogens is 552 g/mol. The van der Waals surface area contributed by atoms with Crippen molar-refractivity contribution in [3.63, 3.8) is 0 Å². The molecule has 18 nitrogen and oxygen atoms in total. The summed E-state index contributed by atoms with van der Waals surface area (Å²) in [4.78, 5) is 34.6. The number of H-pyrrole nitrogens is 1. The third-order valence-corrected chi connectivity index (χ3v) is 4.44. The Morgan fingerprint density at radius 3 is 1.67 bits per heavy atom. The minimum atomic E-state index is -0.339. The van der Waals surface area contributed by atoms with Crippen molar-refractivity contribution in [2.75, 3.05) is 19.8 Å². The molecular formula is C24H44N12O6. The zero-order valence-corrected chi connectivity index (χ0v) is 25.1. The van der Waals surface area contributed by atoms with Gasteiger partial charge in [-0.3, -0.25) is 14.4 Å². The Kier molecular flexibility index (Phi) is 16.2. The largest absolute Gasteiger partial charge is 0.466 e. The maximum Gasteiger partial charge on any atom is 0.313 e. The van der Waals surface area contributed by atoms with Gasteiger partial charge in [-0.25, -0.2) is 4.68 Å². The van der Waals surface area contributed by atoms with Crippen LogP contribution in [0, 0.1) is 0 Å². The molecule has 0 radical (unpaired) electrons. The molecule has 1 N–H and O–H groups in total. The van der Waals surface area contributed by atoms with Crippen LogP contribution in [0.15, 0.2) is 0 Å². The van der Waals surface area contributed by atoms with Crippen LogP contribution >= 0.6 is 0 Å². The maximum atomic E-state index is 11.3. The first-order valence-electron chi connectivity index (χ1n) is 13.0. The van der Waals surface area contributed by atoms with E-state index in [9.17, 15) is 14.4 Å². The summed E-state index contributed by atoms with van der Waals surface area (Å²) in [7, 11) is 0. The molecule has 0 aliphatic rings. The van der Waals surface area contributed by atoms with Crippen molar-refractivity contribution in [3.05, 3.63) is 17.5 Å². The first-order valence-corrected chi connectivity index (χ1v) is 13.0. The fourth-order valence-electron chi connectivity index (χ4n) is 2.72. The Hall–Kier alpha value is -4.38. The minimum Gasteiger partial charge on any atom is -0.466 e. The Labute approximate surface area is 245 Å². The second-order valence-corrected chi connectivity index (χ2v) is 10.1. The van der Waals surface area contributed by atoms with Gasteiger partial charge < -0.3 is 14.2 Å². The van der Waals surface area contributed by atoms with Gasteiger partial charge in [-0.2, -0.15) is 10.0 Å². The van der Waals surface area contributed by atoms with Crippen molar-refractivity contribution in [1.29, 1.82) is 0 Å². The molecule has 3 aromatic heterocycles. The van der Waals surface area contributed by atoms with Gasteiger partial charge in [0, 0.05) is 0 Å². The normalized spacial score (nSPS) is 10.7. The first kappa shape index (κ1) is 37.6. The Morgan fingerprint density at radius 1 is 0.714 bits per heavy atom. The average molecular weight is 597 g/mol. The molecule has 0 atom stereocenters. The zero-order valence-electron chi connectivity index (χ0n) is 25.1. The lowest BCUT2D eigenvalue weighted by Gasteiger charge is -2.19. The molecule has 3 aromatic rings. The molecule has 0 saturated heterocycles. The van der Waals surface area contributed by atoms with E-state index in [1.807, 2.05) is 41.5 Å². The third-order valence-electron chi connectivity index (χ3n) is 4.44. The van der Waals surface area contributed by atoms with Gasteiger partial charge in [0.05, 0.1) is 30.9 Å². The molecule has 3 heterocycles. The van der Waals surface area contributed by atoms with Crippen molar-refractivity contribution in [2.45, 2.75) is 100 Å². The summed E-state index contributed by atoms with van der Waals surface area (Å²) in [6.45, 7) is 18.2. The molecule has 0 aliphatic heterocycles. The van der Waals surface area contributed by atoms with Gasteiger partial charge in [0.2, 0.25) is 0 Å². The van der Waals surface area contributed by atoms with E-state index in [0.717, 1.165) is 0 Å². The summed E-state index contributed by atoms with van der Waals surface area (Å²) in [5.41, 5.74) is -0.453. The van der Waals surface area contributed by atoms with E-state index in [4.69, 9.17) is 9.47 Å². The molecule has 236 valence electrons. The summed E-state index contributed by atoms with van der Waals surface area (Å²) < 4.78 is 15.9. The number of ether oxygens (including phenoxy) is 3.